The number of hydrogen-bond donors (Lipinski definition) is 1. The SMILES string of the molecule is COc1ccc(F)cc1[C@H](Cn1c(=O)n(C(C)(C)C(=O)NC(C)C)c(=O)c2c(C)c(-n3nccn3)sc21)OCCOS(C)(=O)=O. The van der Waals surface area contributed by atoms with Crippen LogP contribution in [0.25, 0.3) is 15.2 Å². The van der Waals surface area contributed by atoms with E-state index >= 15 is 0 Å². The molecule has 14 nitrogen and oxygen atoms in total. The predicted octanol–water partition coefficient (Wildman–Crippen LogP) is 2.26. The van der Waals surface area contributed by atoms with Crippen molar-refractivity contribution in [1.29, 1.82) is 0 Å². The van der Waals surface area contributed by atoms with Crippen LogP contribution < -0.4 is 21.3 Å². The molecule has 0 aliphatic heterocycles. The highest BCUT2D eigenvalue weighted by molar-refractivity contribution is 7.85. The van der Waals surface area contributed by atoms with Gasteiger partial charge in [0.1, 0.15) is 33.0 Å². The van der Waals surface area contributed by atoms with E-state index in [4.69, 9.17) is 13.7 Å². The molecule has 0 aliphatic rings. The van der Waals surface area contributed by atoms with Gasteiger partial charge in [0.15, 0.2) is 0 Å². The summed E-state index contributed by atoms with van der Waals surface area (Å²) >= 11 is 1.08. The second kappa shape index (κ2) is 13.2. The minimum absolute atomic E-state index is 0.155. The second-order valence-corrected chi connectivity index (χ2v) is 13.6. The molecule has 4 rings (SSSR count). The summed E-state index contributed by atoms with van der Waals surface area (Å²) in [6, 6.07) is 3.49. The van der Waals surface area contributed by atoms with E-state index in [1.54, 1.807) is 20.8 Å². The molecule has 0 radical (unpaired) electrons. The quantitative estimate of drug-likeness (QED) is 0.165. The smallest absolute Gasteiger partial charge is 0.333 e. The van der Waals surface area contributed by atoms with E-state index in [1.807, 2.05) is 0 Å². The number of benzene rings is 1. The highest BCUT2D eigenvalue weighted by Gasteiger charge is 2.36. The lowest BCUT2D eigenvalue weighted by Gasteiger charge is -2.28. The summed E-state index contributed by atoms with van der Waals surface area (Å²) in [4.78, 5) is 43.3. The summed E-state index contributed by atoms with van der Waals surface area (Å²) in [6.45, 7) is 7.23. The van der Waals surface area contributed by atoms with Crippen molar-refractivity contribution in [3.05, 3.63) is 68.4 Å². The number of nitrogens with one attached hydrogen (secondary N) is 1. The van der Waals surface area contributed by atoms with Crippen molar-refractivity contribution in [2.45, 2.75) is 58.8 Å². The van der Waals surface area contributed by atoms with Gasteiger partial charge in [0.25, 0.3) is 15.7 Å². The van der Waals surface area contributed by atoms with Crippen LogP contribution in [-0.4, -0.2) is 71.1 Å². The van der Waals surface area contributed by atoms with Crippen LogP contribution in [0, 0.1) is 12.7 Å². The van der Waals surface area contributed by atoms with Crippen LogP contribution in [0.15, 0.2) is 40.2 Å². The Morgan fingerprint density at radius 3 is 2.42 bits per heavy atom. The molecule has 45 heavy (non-hydrogen) atoms. The van der Waals surface area contributed by atoms with Gasteiger partial charge in [-0.25, -0.2) is 13.8 Å². The maximum atomic E-state index is 14.6. The zero-order chi connectivity index (χ0) is 33.3. The average Bonchev–Trinajstić information content (AvgIpc) is 3.59. The molecule has 0 spiro atoms. The molecule has 0 bridgehead atoms. The monoisotopic (exact) mass is 666 g/mol. The molecule has 0 saturated carbocycles. The Labute approximate surface area is 262 Å². The van der Waals surface area contributed by atoms with Crippen LogP contribution in [0.1, 0.15) is 44.9 Å². The lowest BCUT2D eigenvalue weighted by molar-refractivity contribution is -0.129. The third-order valence-electron chi connectivity index (χ3n) is 6.91. The number of rotatable bonds is 13. The van der Waals surface area contributed by atoms with Crippen LogP contribution in [0.2, 0.25) is 0 Å². The molecule has 0 aliphatic carbocycles. The van der Waals surface area contributed by atoms with Crippen molar-refractivity contribution in [2.75, 3.05) is 26.6 Å². The zero-order valence-corrected chi connectivity index (χ0v) is 27.5. The van der Waals surface area contributed by atoms with Crippen molar-refractivity contribution in [3.63, 3.8) is 0 Å². The summed E-state index contributed by atoms with van der Waals surface area (Å²) in [6.07, 6.45) is 2.72. The largest absolute Gasteiger partial charge is 0.496 e. The first-order chi connectivity index (χ1) is 21.1. The highest BCUT2D eigenvalue weighted by atomic mass is 32.2. The molecule has 1 N–H and O–H groups in total. The van der Waals surface area contributed by atoms with Crippen LogP contribution in [-0.2, 0) is 35.9 Å². The first-order valence-corrected chi connectivity index (χ1v) is 16.5. The van der Waals surface area contributed by atoms with Gasteiger partial charge in [-0.3, -0.25) is 18.3 Å². The third-order valence-corrected chi connectivity index (χ3v) is 8.78. The van der Waals surface area contributed by atoms with Crippen molar-refractivity contribution >= 4 is 37.6 Å². The number of ether oxygens (including phenoxy) is 2. The van der Waals surface area contributed by atoms with E-state index in [2.05, 4.69) is 15.5 Å². The average molecular weight is 667 g/mol. The van der Waals surface area contributed by atoms with Gasteiger partial charge in [0, 0.05) is 17.2 Å². The van der Waals surface area contributed by atoms with Gasteiger partial charge < -0.3 is 14.8 Å². The molecule has 1 atom stereocenters. The van der Waals surface area contributed by atoms with Gasteiger partial charge in [-0.05, 0) is 52.8 Å². The molecule has 244 valence electrons. The lowest BCUT2D eigenvalue weighted by atomic mass is 10.0. The number of hydrogen-bond acceptors (Lipinski definition) is 11. The number of methoxy groups -OCH3 is 1. The number of aromatic nitrogens is 5. The Morgan fingerprint density at radius 1 is 1.16 bits per heavy atom. The number of aryl methyl sites for hydroxylation is 1. The highest BCUT2D eigenvalue weighted by Crippen LogP contribution is 2.34. The predicted molar refractivity (Wildman–Crippen MR) is 165 cm³/mol. The number of carbonyl (C=O) groups excluding carboxylic acids is 1. The first-order valence-electron chi connectivity index (χ1n) is 13.8. The Hall–Kier alpha value is -3.93. The van der Waals surface area contributed by atoms with E-state index in [9.17, 15) is 27.2 Å². The standard InChI is InChI=1S/C28H35FN6O8S2/c1-16(2)32-26(37)28(4,5)34-23(36)22-17(3)24(35-30-10-11-31-35)44-25(22)33(27(34)38)15-21(42-12-13-43-45(7,39)40)19-14-18(29)8-9-20(19)41-6/h8-11,14,16,21H,12-13,15H2,1-7H3,(H,32,37)/t21-/m0/s1. The Bertz CT molecular complexity index is 1930. The summed E-state index contributed by atoms with van der Waals surface area (Å²) in [5.41, 5.74) is -2.46. The molecule has 0 unspecified atom stereocenters. The third kappa shape index (κ3) is 7.16. The summed E-state index contributed by atoms with van der Waals surface area (Å²) in [5.74, 6) is -0.926. The van der Waals surface area contributed by atoms with E-state index in [-0.39, 0.29) is 47.3 Å². The molecule has 1 aromatic carbocycles. The number of thiophene rings is 1. The molecule has 0 fully saturated rings. The molecule has 1 amide bonds. The van der Waals surface area contributed by atoms with Crippen LogP contribution in [0.3, 0.4) is 0 Å². The van der Waals surface area contributed by atoms with E-state index in [0.717, 1.165) is 22.2 Å². The molecule has 3 heterocycles. The number of halogens is 1. The topological polar surface area (TPSA) is 166 Å². The van der Waals surface area contributed by atoms with Crippen molar-refractivity contribution in [3.8, 4) is 10.8 Å². The van der Waals surface area contributed by atoms with Crippen LogP contribution in [0.5, 0.6) is 5.75 Å². The number of fused-ring (bicyclic) bond motifs is 1. The molecule has 0 saturated heterocycles. The molecular weight excluding hydrogens is 631 g/mol. The maximum Gasteiger partial charge on any atom is 0.333 e. The van der Waals surface area contributed by atoms with E-state index < -0.39 is 44.7 Å². The second-order valence-electron chi connectivity index (χ2n) is 11.0. The number of nitrogens with zero attached hydrogens (tertiary/aromatic N) is 5. The minimum atomic E-state index is -3.78. The fraction of sp³-hybridized carbons (Fsp3) is 0.464. The Kier molecular flexibility index (Phi) is 9.96. The molecular formula is C28H35FN6O8S2. The van der Waals surface area contributed by atoms with E-state index in [1.165, 1.54) is 60.9 Å². The van der Waals surface area contributed by atoms with Crippen molar-refractivity contribution in [1.82, 2.24) is 29.4 Å². The number of amides is 1. The molecule has 4 aromatic rings. The number of carbonyl (C=O) groups is 1. The van der Waals surface area contributed by atoms with E-state index in [0.29, 0.717) is 10.6 Å². The van der Waals surface area contributed by atoms with Crippen LogP contribution in [0.4, 0.5) is 4.39 Å². The normalized spacial score (nSPS) is 13.0. The maximum absolute atomic E-state index is 14.6. The summed E-state index contributed by atoms with van der Waals surface area (Å²) in [5, 5.41) is 11.7. The van der Waals surface area contributed by atoms with Crippen molar-refractivity contribution < 1.29 is 31.3 Å². The Balaban J connectivity index is 1.98. The molecule has 17 heteroatoms. The van der Waals surface area contributed by atoms with Gasteiger partial charge in [-0.15, -0.1) is 4.80 Å². The minimum Gasteiger partial charge on any atom is -0.496 e. The van der Waals surface area contributed by atoms with Crippen molar-refractivity contribution in [2.24, 2.45) is 0 Å². The van der Waals surface area contributed by atoms with Gasteiger partial charge in [0.2, 0.25) is 5.91 Å². The lowest BCUT2D eigenvalue weighted by Crippen LogP contribution is -2.56. The summed E-state index contributed by atoms with van der Waals surface area (Å²) in [7, 11) is -2.39. The van der Waals surface area contributed by atoms with Gasteiger partial charge in [-0.1, -0.05) is 11.3 Å². The summed E-state index contributed by atoms with van der Waals surface area (Å²) < 4.78 is 56.0. The van der Waals surface area contributed by atoms with Gasteiger partial charge >= 0.3 is 5.69 Å². The molecule has 3 aromatic heterocycles. The van der Waals surface area contributed by atoms with Gasteiger partial charge in [-0.2, -0.15) is 18.6 Å². The fourth-order valence-corrected chi connectivity index (χ4v) is 6.37. The van der Waals surface area contributed by atoms with Crippen LogP contribution >= 0.6 is 11.3 Å². The zero-order valence-electron chi connectivity index (χ0n) is 25.9. The van der Waals surface area contributed by atoms with Gasteiger partial charge in [0.05, 0.1) is 50.9 Å². The first kappa shape index (κ1) is 34.0. The Morgan fingerprint density at radius 2 is 1.82 bits per heavy atom. The fourth-order valence-electron chi connectivity index (χ4n) is 4.78.